The van der Waals surface area contributed by atoms with Crippen molar-refractivity contribution >= 4 is 0 Å². The van der Waals surface area contributed by atoms with Crippen LogP contribution < -0.4 is 0 Å². The van der Waals surface area contributed by atoms with Crippen molar-refractivity contribution in [1.82, 2.24) is 0 Å². The minimum Gasteiger partial charge on any atom is -0.368 e. The molecule has 0 spiro atoms. The smallest absolute Gasteiger partial charge is 0.107 e. The van der Waals surface area contributed by atoms with Crippen LogP contribution in [0.15, 0.2) is 12.2 Å². The first-order valence-electron chi connectivity index (χ1n) is 5.99. The molecule has 0 unspecified atom stereocenters. The predicted molar refractivity (Wildman–Crippen MR) is 62.3 cm³/mol. The molecule has 0 aromatic rings. The fourth-order valence-corrected chi connectivity index (χ4v) is 2.62. The van der Waals surface area contributed by atoms with Crippen LogP contribution in [-0.2, 0) is 4.74 Å². The van der Waals surface area contributed by atoms with Gasteiger partial charge in [-0.3, -0.25) is 0 Å². The minimum absolute atomic E-state index is 0.457. The van der Waals surface area contributed by atoms with Crippen LogP contribution in [0.2, 0.25) is 0 Å². The van der Waals surface area contributed by atoms with Crippen LogP contribution in [0.1, 0.15) is 25.7 Å². The highest BCUT2D eigenvalue weighted by molar-refractivity contribution is 5.13. The molecule has 2 nitrogen and oxygen atoms in total. The number of hydrogen-bond donors (Lipinski definition) is 0. The van der Waals surface area contributed by atoms with E-state index in [1.807, 2.05) is 6.07 Å². The van der Waals surface area contributed by atoms with Gasteiger partial charge in [-0.15, -0.1) is 5.92 Å². The second-order valence-electron chi connectivity index (χ2n) is 4.56. The molecule has 2 rings (SSSR count). The molecule has 84 valence electrons. The molecule has 3 atom stereocenters. The predicted octanol–water partition coefficient (Wildman–Crippen LogP) is 2.52. The van der Waals surface area contributed by atoms with Crippen LogP contribution in [0.25, 0.3) is 0 Å². The largest absolute Gasteiger partial charge is 0.368 e. The minimum atomic E-state index is 0.457. The van der Waals surface area contributed by atoms with Crippen LogP contribution in [-0.4, -0.2) is 13.2 Å². The molecular weight excluding hydrogens is 198 g/mol. The molecule has 2 bridgehead atoms. The van der Waals surface area contributed by atoms with Gasteiger partial charge in [-0.25, -0.2) is 0 Å². The Morgan fingerprint density at radius 2 is 2.19 bits per heavy atom. The van der Waals surface area contributed by atoms with Gasteiger partial charge in [0.1, 0.15) is 6.61 Å². The number of fused-ring (bicyclic) bond motifs is 2. The van der Waals surface area contributed by atoms with Crippen molar-refractivity contribution in [3.8, 4) is 17.9 Å². The highest BCUT2D eigenvalue weighted by atomic mass is 16.5. The fraction of sp³-hybridized carbons (Fsp3) is 0.643. The Bertz CT molecular complexity index is 355. The van der Waals surface area contributed by atoms with E-state index in [0.717, 1.165) is 24.2 Å². The molecule has 0 aliphatic heterocycles. The van der Waals surface area contributed by atoms with Crippen LogP contribution >= 0.6 is 0 Å². The summed E-state index contributed by atoms with van der Waals surface area (Å²) in [5.41, 5.74) is 0. The average Bonchev–Trinajstić information content (AvgIpc) is 2.90. The maximum absolute atomic E-state index is 8.30. The highest BCUT2D eigenvalue weighted by Crippen LogP contribution is 2.44. The zero-order chi connectivity index (χ0) is 11.2. The van der Waals surface area contributed by atoms with Gasteiger partial charge in [-0.1, -0.05) is 18.1 Å². The lowest BCUT2D eigenvalue weighted by molar-refractivity contribution is 0.173. The van der Waals surface area contributed by atoms with Crippen molar-refractivity contribution in [2.24, 2.45) is 17.8 Å². The number of hydrogen-bond acceptors (Lipinski definition) is 2. The van der Waals surface area contributed by atoms with Crippen LogP contribution in [0.5, 0.6) is 0 Å². The summed E-state index contributed by atoms with van der Waals surface area (Å²) >= 11 is 0. The molecule has 16 heavy (non-hydrogen) atoms. The van der Waals surface area contributed by atoms with Gasteiger partial charge in [0, 0.05) is 6.42 Å². The third-order valence-corrected chi connectivity index (χ3v) is 3.44. The van der Waals surface area contributed by atoms with Gasteiger partial charge in [-0.05, 0) is 30.6 Å². The van der Waals surface area contributed by atoms with Crippen molar-refractivity contribution in [2.75, 3.05) is 13.2 Å². The molecule has 2 aliphatic carbocycles. The number of rotatable bonds is 4. The van der Waals surface area contributed by atoms with Gasteiger partial charge >= 0.3 is 0 Å². The Morgan fingerprint density at radius 1 is 1.25 bits per heavy atom. The van der Waals surface area contributed by atoms with E-state index >= 15 is 0 Å². The van der Waals surface area contributed by atoms with E-state index in [1.54, 1.807) is 0 Å². The molecule has 0 radical (unpaired) electrons. The highest BCUT2D eigenvalue weighted by Gasteiger charge is 2.34. The van der Waals surface area contributed by atoms with Crippen molar-refractivity contribution in [1.29, 1.82) is 5.26 Å². The van der Waals surface area contributed by atoms with Gasteiger partial charge < -0.3 is 4.74 Å². The molecule has 2 aliphatic rings. The summed E-state index contributed by atoms with van der Waals surface area (Å²) in [5, 5.41) is 8.30. The molecule has 0 heterocycles. The first kappa shape index (κ1) is 11.2. The Morgan fingerprint density at radius 3 is 2.88 bits per heavy atom. The molecule has 0 aromatic carbocycles. The van der Waals surface area contributed by atoms with Gasteiger partial charge in [0.05, 0.1) is 19.1 Å². The van der Waals surface area contributed by atoms with Gasteiger partial charge in [0.25, 0.3) is 0 Å². The van der Waals surface area contributed by atoms with Crippen LogP contribution in [0, 0.1) is 40.9 Å². The van der Waals surface area contributed by atoms with E-state index in [2.05, 4.69) is 24.0 Å². The van der Waals surface area contributed by atoms with Gasteiger partial charge in [0.15, 0.2) is 0 Å². The maximum atomic E-state index is 8.30. The lowest BCUT2D eigenvalue weighted by Crippen LogP contribution is -2.05. The normalized spacial score (nSPS) is 29.8. The zero-order valence-corrected chi connectivity index (χ0v) is 9.48. The number of nitriles is 1. The van der Waals surface area contributed by atoms with E-state index in [4.69, 9.17) is 10.00 Å². The van der Waals surface area contributed by atoms with E-state index in [9.17, 15) is 0 Å². The second-order valence-corrected chi connectivity index (χ2v) is 4.56. The van der Waals surface area contributed by atoms with E-state index in [1.165, 1.54) is 12.8 Å². The molecule has 0 aromatic heterocycles. The summed E-state index contributed by atoms with van der Waals surface area (Å²) < 4.78 is 5.19. The number of nitrogens with zero attached hydrogens (tertiary/aromatic N) is 1. The first-order chi connectivity index (χ1) is 7.90. The summed E-state index contributed by atoms with van der Waals surface area (Å²) in [7, 11) is 0. The first-order valence-corrected chi connectivity index (χ1v) is 5.99. The standard InChI is InChI=1S/C14H17NO/c15-7-3-9-16-8-2-1-4-13-10-12-5-6-14(13)11-12/h5-6,12-14H,3-4,8-11H2/t12-,13-,14-/m1/s1. The monoisotopic (exact) mass is 215 g/mol. The lowest BCUT2D eigenvalue weighted by atomic mass is 9.91. The molecule has 0 N–H and O–H groups in total. The Labute approximate surface area is 97.3 Å². The molecule has 2 heteroatoms. The quantitative estimate of drug-likeness (QED) is 0.410. The molecule has 0 amide bonds. The zero-order valence-electron chi connectivity index (χ0n) is 9.48. The maximum Gasteiger partial charge on any atom is 0.107 e. The summed E-state index contributed by atoms with van der Waals surface area (Å²) in [6.07, 6.45) is 8.87. The number of allylic oxidation sites excluding steroid dienone is 2. The van der Waals surface area contributed by atoms with Crippen molar-refractivity contribution in [3.05, 3.63) is 12.2 Å². The Kier molecular flexibility index (Phi) is 4.03. The SMILES string of the molecule is N#CCCOCC#CC[C@@H]1C[C@H]2C=C[C@@H]1C2. The molecule has 0 saturated heterocycles. The third-order valence-electron chi connectivity index (χ3n) is 3.44. The van der Waals surface area contributed by atoms with Crippen LogP contribution in [0.4, 0.5) is 0 Å². The summed E-state index contributed by atoms with van der Waals surface area (Å²) in [6.45, 7) is 0.973. The van der Waals surface area contributed by atoms with Crippen LogP contribution in [0.3, 0.4) is 0 Å². The molecule has 1 fully saturated rings. The van der Waals surface area contributed by atoms with Crippen molar-refractivity contribution in [3.63, 3.8) is 0 Å². The molecular formula is C14H17NO. The van der Waals surface area contributed by atoms with E-state index in [0.29, 0.717) is 19.6 Å². The van der Waals surface area contributed by atoms with Gasteiger partial charge in [0.2, 0.25) is 0 Å². The summed E-state index contributed by atoms with van der Waals surface area (Å²) in [4.78, 5) is 0. The average molecular weight is 215 g/mol. The Hall–Kier alpha value is -1.25. The second kappa shape index (κ2) is 5.73. The van der Waals surface area contributed by atoms with E-state index in [-0.39, 0.29) is 0 Å². The summed E-state index contributed by atoms with van der Waals surface area (Å²) in [6, 6.07) is 2.04. The third kappa shape index (κ3) is 2.87. The lowest BCUT2D eigenvalue weighted by Gasteiger charge is -2.14. The fourth-order valence-electron chi connectivity index (χ4n) is 2.62. The van der Waals surface area contributed by atoms with E-state index < -0.39 is 0 Å². The van der Waals surface area contributed by atoms with Crippen molar-refractivity contribution < 1.29 is 4.74 Å². The topological polar surface area (TPSA) is 33.0 Å². The molecule has 1 saturated carbocycles. The van der Waals surface area contributed by atoms with Gasteiger partial charge in [-0.2, -0.15) is 5.26 Å². The Balaban J connectivity index is 1.59. The van der Waals surface area contributed by atoms with Crippen molar-refractivity contribution in [2.45, 2.75) is 25.7 Å². The summed E-state index contributed by atoms with van der Waals surface area (Å²) in [5.74, 6) is 8.63. The number of ether oxygens (including phenoxy) is 1.